The number of aryl methyl sites for hydroxylation is 1. The Kier molecular flexibility index (Phi) is 3.59. The van der Waals surface area contributed by atoms with Crippen LogP contribution in [0.1, 0.15) is 17.5 Å². The van der Waals surface area contributed by atoms with Crippen LogP contribution < -0.4 is 10.0 Å². The van der Waals surface area contributed by atoms with Crippen LogP contribution in [0.2, 0.25) is 0 Å². The van der Waals surface area contributed by atoms with Gasteiger partial charge in [-0.25, -0.2) is 8.42 Å². The predicted molar refractivity (Wildman–Crippen MR) is 85.6 cm³/mol. The van der Waals surface area contributed by atoms with Gasteiger partial charge in [0.1, 0.15) is 0 Å². The van der Waals surface area contributed by atoms with Gasteiger partial charge in [0.2, 0.25) is 10.0 Å². The van der Waals surface area contributed by atoms with Crippen molar-refractivity contribution < 1.29 is 8.42 Å². The van der Waals surface area contributed by atoms with Gasteiger partial charge in [-0.15, -0.1) is 0 Å². The molecule has 0 spiro atoms. The highest BCUT2D eigenvalue weighted by atomic mass is 32.2. The normalized spacial score (nSPS) is 14.8. The lowest BCUT2D eigenvalue weighted by molar-refractivity contribution is 0.586. The fourth-order valence-corrected chi connectivity index (χ4v) is 4.39. The summed E-state index contributed by atoms with van der Waals surface area (Å²) in [6.07, 6.45) is 1.70. The van der Waals surface area contributed by atoms with Crippen molar-refractivity contribution in [2.75, 3.05) is 16.6 Å². The van der Waals surface area contributed by atoms with Crippen LogP contribution in [-0.2, 0) is 22.2 Å². The molecule has 21 heavy (non-hydrogen) atoms. The summed E-state index contributed by atoms with van der Waals surface area (Å²) in [4.78, 5) is 0. The lowest BCUT2D eigenvalue weighted by atomic mass is 10.0. The van der Waals surface area contributed by atoms with E-state index in [1.54, 1.807) is 6.07 Å². The van der Waals surface area contributed by atoms with Crippen LogP contribution >= 0.6 is 0 Å². The molecule has 5 heteroatoms. The number of hydrogen-bond acceptors (Lipinski definition) is 3. The molecule has 3 rings (SSSR count). The molecule has 1 aliphatic rings. The molecule has 0 saturated carbocycles. The van der Waals surface area contributed by atoms with Crippen LogP contribution in [0.4, 0.5) is 11.4 Å². The Hall–Kier alpha value is -2.01. The number of hydrogen-bond donors (Lipinski definition) is 1. The molecule has 0 saturated heterocycles. The van der Waals surface area contributed by atoms with Crippen LogP contribution in [0, 0.1) is 0 Å². The quantitative estimate of drug-likeness (QED) is 0.886. The maximum absolute atomic E-state index is 12.7. The first-order valence-corrected chi connectivity index (χ1v) is 8.60. The summed E-state index contributed by atoms with van der Waals surface area (Å²) in [5, 5.41) is 0. The van der Waals surface area contributed by atoms with Crippen LogP contribution in [0.5, 0.6) is 0 Å². The van der Waals surface area contributed by atoms with Crippen LogP contribution in [-0.4, -0.2) is 15.0 Å². The molecule has 2 aromatic carbocycles. The first kappa shape index (κ1) is 13.9. The van der Waals surface area contributed by atoms with Gasteiger partial charge in [0.05, 0.1) is 11.4 Å². The summed E-state index contributed by atoms with van der Waals surface area (Å²) in [5.41, 5.74) is 9.06. The van der Waals surface area contributed by atoms with E-state index in [0.29, 0.717) is 12.2 Å². The summed E-state index contributed by atoms with van der Waals surface area (Å²) in [7, 11) is -3.37. The fourth-order valence-electron chi connectivity index (χ4n) is 2.73. The highest BCUT2D eigenvalue weighted by Gasteiger charge is 2.27. The standard InChI is InChI=1S/C16H18N2O2S/c17-15-8-9-16-14(11-15)7-4-10-18(16)21(19,20)12-13-5-2-1-3-6-13/h1-3,5-6,8-9,11H,4,7,10,12,17H2. The molecule has 0 amide bonds. The molecule has 0 aromatic heterocycles. The van der Waals surface area contributed by atoms with E-state index in [-0.39, 0.29) is 5.75 Å². The minimum atomic E-state index is -3.37. The Morgan fingerprint density at radius 2 is 1.86 bits per heavy atom. The van der Waals surface area contributed by atoms with Crippen molar-refractivity contribution in [3.05, 3.63) is 59.7 Å². The number of anilines is 2. The molecule has 1 heterocycles. The minimum absolute atomic E-state index is 0.0255. The summed E-state index contributed by atoms with van der Waals surface area (Å²) in [6.45, 7) is 0.534. The molecule has 0 aliphatic carbocycles. The van der Waals surface area contributed by atoms with Crippen molar-refractivity contribution in [2.24, 2.45) is 0 Å². The lowest BCUT2D eigenvalue weighted by Gasteiger charge is -2.30. The first-order chi connectivity index (χ1) is 10.1. The highest BCUT2D eigenvalue weighted by Crippen LogP contribution is 2.31. The minimum Gasteiger partial charge on any atom is -0.399 e. The van der Waals surface area contributed by atoms with Gasteiger partial charge in [0.25, 0.3) is 0 Å². The zero-order valence-corrected chi connectivity index (χ0v) is 12.5. The van der Waals surface area contributed by atoms with Gasteiger partial charge in [0.15, 0.2) is 0 Å². The van der Waals surface area contributed by atoms with Gasteiger partial charge >= 0.3 is 0 Å². The number of nitrogen functional groups attached to an aromatic ring is 1. The van der Waals surface area contributed by atoms with Crippen molar-refractivity contribution in [2.45, 2.75) is 18.6 Å². The predicted octanol–water partition coefficient (Wildman–Crippen LogP) is 2.55. The third-order valence-electron chi connectivity index (χ3n) is 3.71. The second kappa shape index (κ2) is 5.41. The molecule has 0 unspecified atom stereocenters. The van der Waals surface area contributed by atoms with Gasteiger partial charge in [-0.05, 0) is 42.2 Å². The number of sulfonamides is 1. The van der Waals surface area contributed by atoms with Crippen LogP contribution in [0.25, 0.3) is 0 Å². The van der Waals surface area contributed by atoms with Crippen molar-refractivity contribution in [3.8, 4) is 0 Å². The van der Waals surface area contributed by atoms with Gasteiger partial charge in [-0.3, -0.25) is 4.31 Å². The number of benzene rings is 2. The second-order valence-corrected chi connectivity index (χ2v) is 7.20. The number of nitrogens with zero attached hydrogens (tertiary/aromatic N) is 1. The molecule has 2 N–H and O–H groups in total. The SMILES string of the molecule is Nc1ccc2c(c1)CCCN2S(=O)(=O)Cc1ccccc1. The molecule has 110 valence electrons. The molecular formula is C16H18N2O2S. The molecule has 0 atom stereocenters. The Bertz CT molecular complexity index is 742. The molecule has 2 aromatic rings. The summed E-state index contributed by atoms with van der Waals surface area (Å²) in [5.74, 6) is 0.0255. The molecular weight excluding hydrogens is 284 g/mol. The van der Waals surface area contributed by atoms with E-state index in [9.17, 15) is 8.42 Å². The van der Waals surface area contributed by atoms with Crippen molar-refractivity contribution in [1.82, 2.24) is 0 Å². The Morgan fingerprint density at radius 3 is 2.62 bits per heavy atom. The van der Waals surface area contributed by atoms with Crippen LogP contribution in [0.15, 0.2) is 48.5 Å². The Labute approximate surface area is 125 Å². The molecule has 4 nitrogen and oxygen atoms in total. The van der Waals surface area contributed by atoms with Crippen molar-refractivity contribution in [3.63, 3.8) is 0 Å². The van der Waals surface area contributed by atoms with E-state index in [2.05, 4.69) is 0 Å². The average molecular weight is 302 g/mol. The number of rotatable bonds is 3. The maximum atomic E-state index is 12.7. The molecule has 0 fully saturated rings. The highest BCUT2D eigenvalue weighted by molar-refractivity contribution is 7.92. The van der Waals surface area contributed by atoms with Gasteiger partial charge in [-0.2, -0.15) is 0 Å². The summed E-state index contributed by atoms with van der Waals surface area (Å²) in [6, 6.07) is 14.7. The van der Waals surface area contributed by atoms with E-state index in [0.717, 1.165) is 29.7 Å². The Balaban J connectivity index is 1.94. The van der Waals surface area contributed by atoms with Crippen molar-refractivity contribution in [1.29, 1.82) is 0 Å². The van der Waals surface area contributed by atoms with Crippen molar-refractivity contribution >= 4 is 21.4 Å². The topological polar surface area (TPSA) is 63.4 Å². The monoisotopic (exact) mass is 302 g/mol. The maximum Gasteiger partial charge on any atom is 0.239 e. The molecule has 1 aliphatic heterocycles. The van der Waals surface area contributed by atoms with Gasteiger partial charge in [-0.1, -0.05) is 30.3 Å². The largest absolute Gasteiger partial charge is 0.399 e. The zero-order valence-electron chi connectivity index (χ0n) is 11.7. The van der Waals surface area contributed by atoms with Gasteiger partial charge in [0, 0.05) is 12.2 Å². The van der Waals surface area contributed by atoms with Gasteiger partial charge < -0.3 is 5.73 Å². The van der Waals surface area contributed by atoms with E-state index < -0.39 is 10.0 Å². The third kappa shape index (κ3) is 2.88. The van der Waals surface area contributed by atoms with Crippen LogP contribution in [0.3, 0.4) is 0 Å². The first-order valence-electron chi connectivity index (χ1n) is 6.99. The third-order valence-corrected chi connectivity index (χ3v) is 5.46. The summed E-state index contributed by atoms with van der Waals surface area (Å²) >= 11 is 0. The zero-order chi connectivity index (χ0) is 14.9. The molecule has 0 bridgehead atoms. The summed E-state index contributed by atoms with van der Waals surface area (Å²) < 4.78 is 26.9. The average Bonchev–Trinajstić information content (AvgIpc) is 2.47. The number of fused-ring (bicyclic) bond motifs is 1. The second-order valence-electron chi connectivity index (χ2n) is 5.31. The fraction of sp³-hybridized carbons (Fsp3) is 0.250. The number of nitrogens with two attached hydrogens (primary N) is 1. The molecule has 0 radical (unpaired) electrons. The van der Waals surface area contributed by atoms with E-state index in [4.69, 9.17) is 5.73 Å². The Morgan fingerprint density at radius 1 is 1.10 bits per heavy atom. The van der Waals surface area contributed by atoms with E-state index >= 15 is 0 Å². The smallest absolute Gasteiger partial charge is 0.239 e. The van der Waals surface area contributed by atoms with E-state index in [1.807, 2.05) is 42.5 Å². The van der Waals surface area contributed by atoms with E-state index in [1.165, 1.54) is 4.31 Å². The lowest BCUT2D eigenvalue weighted by Crippen LogP contribution is -2.36.